The van der Waals surface area contributed by atoms with Crippen LogP contribution in [-0.4, -0.2) is 35.8 Å². The van der Waals surface area contributed by atoms with E-state index in [-0.39, 0.29) is 5.75 Å². The van der Waals surface area contributed by atoms with E-state index in [4.69, 9.17) is 5.73 Å². The van der Waals surface area contributed by atoms with Crippen molar-refractivity contribution in [3.63, 3.8) is 0 Å². The van der Waals surface area contributed by atoms with E-state index in [2.05, 4.69) is 19.3 Å². The summed E-state index contributed by atoms with van der Waals surface area (Å²) in [7, 11) is -1.79. The van der Waals surface area contributed by atoms with Gasteiger partial charge in [-0.1, -0.05) is 25.1 Å². The van der Waals surface area contributed by atoms with Crippen molar-refractivity contribution in [2.75, 3.05) is 18.5 Å². The van der Waals surface area contributed by atoms with Gasteiger partial charge in [0.05, 0.1) is 16.8 Å². The number of sulfonamides is 1. The van der Waals surface area contributed by atoms with Crippen molar-refractivity contribution in [3.8, 4) is 0 Å². The molecule has 3 N–H and O–H groups in total. The Morgan fingerprint density at radius 3 is 2.71 bits per heavy atom. The number of nitrogens with two attached hydrogens (primary N) is 1. The van der Waals surface area contributed by atoms with Crippen LogP contribution in [0.5, 0.6) is 0 Å². The van der Waals surface area contributed by atoms with Gasteiger partial charge in [-0.25, -0.2) is 23.1 Å². The lowest BCUT2D eigenvalue weighted by Crippen LogP contribution is -2.23. The van der Waals surface area contributed by atoms with Crippen LogP contribution in [0.2, 0.25) is 0 Å². The molecule has 24 heavy (non-hydrogen) atoms. The maximum absolute atomic E-state index is 11.6. The predicted molar refractivity (Wildman–Crippen MR) is 96.3 cm³/mol. The summed E-state index contributed by atoms with van der Waals surface area (Å²) in [5.74, 6) is 1.36. The first kappa shape index (κ1) is 16.7. The van der Waals surface area contributed by atoms with Crippen LogP contribution < -0.4 is 10.5 Å². The number of rotatable bonds is 6. The maximum Gasteiger partial charge on any atom is 0.211 e. The van der Waals surface area contributed by atoms with Gasteiger partial charge in [-0.3, -0.25) is 0 Å². The van der Waals surface area contributed by atoms with Gasteiger partial charge in [-0.15, -0.1) is 0 Å². The van der Waals surface area contributed by atoms with E-state index >= 15 is 0 Å². The van der Waals surface area contributed by atoms with E-state index in [1.807, 2.05) is 31.2 Å². The van der Waals surface area contributed by atoms with Gasteiger partial charge in [0.2, 0.25) is 10.0 Å². The third kappa shape index (κ3) is 2.94. The molecule has 0 bridgehead atoms. The lowest BCUT2D eigenvalue weighted by atomic mass is 10.2. The van der Waals surface area contributed by atoms with Crippen LogP contribution in [0.3, 0.4) is 0 Å². The van der Waals surface area contributed by atoms with Crippen molar-refractivity contribution >= 4 is 37.8 Å². The Balaban J connectivity index is 2.11. The fraction of sp³-hybridized carbons (Fsp3) is 0.375. The number of pyridine rings is 1. The lowest BCUT2D eigenvalue weighted by Gasteiger charge is -2.10. The van der Waals surface area contributed by atoms with Crippen LogP contribution in [0.25, 0.3) is 21.9 Å². The second-order valence-electron chi connectivity index (χ2n) is 5.62. The molecule has 7 nitrogen and oxygen atoms in total. The Bertz CT molecular complexity index is 995. The number of nitrogens with one attached hydrogen (secondary N) is 1. The van der Waals surface area contributed by atoms with E-state index in [1.165, 1.54) is 7.05 Å². The predicted octanol–water partition coefficient (Wildman–Crippen LogP) is 1.67. The molecule has 0 saturated carbocycles. The number of nitrogens with zero attached hydrogens (tertiary/aromatic N) is 3. The summed E-state index contributed by atoms with van der Waals surface area (Å²) in [6.45, 7) is 2.59. The first-order valence-corrected chi connectivity index (χ1v) is 9.56. The van der Waals surface area contributed by atoms with Crippen LogP contribution in [0.15, 0.2) is 24.3 Å². The summed E-state index contributed by atoms with van der Waals surface area (Å²) >= 11 is 0. The average molecular weight is 347 g/mol. The Hall–Kier alpha value is -2.19. The molecule has 0 amide bonds. The molecule has 2 heterocycles. The molecule has 3 aromatic rings. The number of para-hydroxylation sites is 1. The number of benzene rings is 1. The quantitative estimate of drug-likeness (QED) is 0.706. The second-order valence-corrected chi connectivity index (χ2v) is 7.67. The third-order valence-corrected chi connectivity index (χ3v) is 5.56. The zero-order chi connectivity index (χ0) is 17.3. The van der Waals surface area contributed by atoms with Crippen molar-refractivity contribution in [2.24, 2.45) is 0 Å². The molecule has 0 saturated heterocycles. The molecule has 0 unspecified atom stereocenters. The van der Waals surface area contributed by atoms with Crippen molar-refractivity contribution in [3.05, 3.63) is 30.1 Å². The Labute approximate surface area is 140 Å². The molecule has 0 aliphatic rings. The van der Waals surface area contributed by atoms with Gasteiger partial charge in [0, 0.05) is 18.4 Å². The molecule has 8 heteroatoms. The number of aryl methyl sites for hydroxylation is 2. The van der Waals surface area contributed by atoms with Crippen LogP contribution >= 0.6 is 0 Å². The number of aromatic nitrogens is 3. The van der Waals surface area contributed by atoms with E-state index in [9.17, 15) is 8.42 Å². The Kier molecular flexibility index (Phi) is 4.42. The number of fused-ring (bicyclic) bond motifs is 3. The molecule has 0 fully saturated rings. The first-order chi connectivity index (χ1) is 11.5. The minimum atomic E-state index is -3.22. The topological polar surface area (TPSA) is 103 Å². The molecule has 0 aliphatic heterocycles. The average Bonchev–Trinajstić information content (AvgIpc) is 2.94. The summed E-state index contributed by atoms with van der Waals surface area (Å²) < 4.78 is 27.7. The minimum absolute atomic E-state index is 0.0742. The van der Waals surface area contributed by atoms with Gasteiger partial charge in [0.1, 0.15) is 11.3 Å². The molecular weight excluding hydrogens is 326 g/mol. The van der Waals surface area contributed by atoms with E-state index in [0.29, 0.717) is 24.3 Å². The minimum Gasteiger partial charge on any atom is -0.382 e. The summed E-state index contributed by atoms with van der Waals surface area (Å²) in [4.78, 5) is 9.05. The maximum atomic E-state index is 11.6. The number of imidazole rings is 1. The van der Waals surface area contributed by atoms with Gasteiger partial charge in [0.15, 0.2) is 5.82 Å². The van der Waals surface area contributed by atoms with Crippen LogP contribution in [0.1, 0.15) is 19.2 Å². The number of hydrogen-bond donors (Lipinski definition) is 2. The molecule has 0 radical (unpaired) electrons. The number of hydrogen-bond acceptors (Lipinski definition) is 5. The summed E-state index contributed by atoms with van der Waals surface area (Å²) in [6, 6.07) is 7.78. The molecule has 0 spiro atoms. The van der Waals surface area contributed by atoms with Crippen LogP contribution in [-0.2, 0) is 23.0 Å². The smallest absolute Gasteiger partial charge is 0.211 e. The molecule has 0 aliphatic carbocycles. The fourth-order valence-corrected chi connectivity index (χ4v) is 3.64. The van der Waals surface area contributed by atoms with Crippen molar-refractivity contribution in [2.45, 2.75) is 26.3 Å². The molecule has 3 rings (SSSR count). The largest absolute Gasteiger partial charge is 0.382 e. The zero-order valence-electron chi connectivity index (χ0n) is 13.8. The molecule has 0 atom stereocenters. The van der Waals surface area contributed by atoms with Crippen LogP contribution in [0.4, 0.5) is 5.82 Å². The second kappa shape index (κ2) is 6.37. The van der Waals surface area contributed by atoms with Gasteiger partial charge in [-0.05, 0) is 19.5 Å². The van der Waals surface area contributed by atoms with Gasteiger partial charge >= 0.3 is 0 Å². The molecule has 2 aromatic heterocycles. The first-order valence-electron chi connectivity index (χ1n) is 7.91. The standard InChI is InChI=1S/C16H21N5O2S/c1-3-13-20-14-15(21(13)9-6-10-24(22,23)18-2)11-7-4-5-8-12(11)19-16(14)17/h4-5,7-8,18H,3,6,9-10H2,1-2H3,(H2,17,19). The Morgan fingerprint density at radius 2 is 2.00 bits per heavy atom. The van der Waals surface area contributed by atoms with Gasteiger partial charge in [0.25, 0.3) is 0 Å². The lowest BCUT2D eigenvalue weighted by molar-refractivity contribution is 0.578. The Morgan fingerprint density at radius 1 is 1.25 bits per heavy atom. The highest BCUT2D eigenvalue weighted by atomic mass is 32.2. The highest BCUT2D eigenvalue weighted by Crippen LogP contribution is 2.29. The third-order valence-electron chi connectivity index (χ3n) is 4.11. The summed E-state index contributed by atoms with van der Waals surface area (Å²) in [5.41, 5.74) is 8.51. The highest BCUT2D eigenvalue weighted by molar-refractivity contribution is 7.89. The zero-order valence-corrected chi connectivity index (χ0v) is 14.6. The fourth-order valence-electron chi connectivity index (χ4n) is 2.93. The molecular formula is C16H21N5O2S. The number of nitrogen functional groups attached to an aromatic ring is 1. The molecule has 128 valence electrons. The SMILES string of the molecule is CCc1nc2c(N)nc3ccccc3c2n1CCCS(=O)(=O)NC. The van der Waals surface area contributed by atoms with Crippen molar-refractivity contribution < 1.29 is 8.42 Å². The van der Waals surface area contributed by atoms with E-state index in [1.54, 1.807) is 0 Å². The normalized spacial score (nSPS) is 12.2. The van der Waals surface area contributed by atoms with Crippen molar-refractivity contribution in [1.29, 1.82) is 0 Å². The van der Waals surface area contributed by atoms with Crippen molar-refractivity contribution in [1.82, 2.24) is 19.3 Å². The van der Waals surface area contributed by atoms with E-state index in [0.717, 1.165) is 28.7 Å². The van der Waals surface area contributed by atoms with Gasteiger partial charge in [-0.2, -0.15) is 0 Å². The summed E-state index contributed by atoms with van der Waals surface area (Å²) in [5, 5.41) is 0.977. The van der Waals surface area contributed by atoms with E-state index < -0.39 is 10.0 Å². The monoisotopic (exact) mass is 347 g/mol. The van der Waals surface area contributed by atoms with Gasteiger partial charge < -0.3 is 10.3 Å². The summed E-state index contributed by atoms with van der Waals surface area (Å²) in [6.07, 6.45) is 1.24. The van der Waals surface area contributed by atoms with Crippen LogP contribution in [0, 0.1) is 0 Å². The molecule has 1 aromatic carbocycles. The number of anilines is 1. The highest BCUT2D eigenvalue weighted by Gasteiger charge is 2.17.